The number of carbonyl (C=O) groups is 2. The van der Waals surface area contributed by atoms with E-state index in [2.05, 4.69) is 26.2 Å². The van der Waals surface area contributed by atoms with Gasteiger partial charge in [0.05, 0.1) is 60.6 Å². The van der Waals surface area contributed by atoms with Crippen molar-refractivity contribution < 1.29 is 42.1 Å². The van der Waals surface area contributed by atoms with Gasteiger partial charge in [-0.25, -0.2) is 18.4 Å². The van der Waals surface area contributed by atoms with Crippen LogP contribution < -0.4 is 15.0 Å². The predicted molar refractivity (Wildman–Crippen MR) is 223 cm³/mol. The van der Waals surface area contributed by atoms with Crippen molar-refractivity contribution in [3.63, 3.8) is 0 Å². The molecule has 9 rings (SSSR count). The summed E-state index contributed by atoms with van der Waals surface area (Å²) in [7, 11) is 0. The van der Waals surface area contributed by atoms with Gasteiger partial charge in [0.15, 0.2) is 11.6 Å². The number of benzene rings is 1. The zero-order valence-corrected chi connectivity index (χ0v) is 36.1. The SMILES string of the molecule is CC(C)(C)OC(=O)Nc1sc2c(F)cnc(-c3c4c(c5c(N6C7CCC6CN(C(=O)OC(C)(C)C)C7)nc(OCC6(CN7CCOCC7)CC6)nc5c3F)COC4)c2c1C#N. The maximum Gasteiger partial charge on any atom is 0.412 e. The van der Waals surface area contributed by atoms with Crippen molar-refractivity contribution in [3.8, 4) is 23.3 Å². The lowest BCUT2D eigenvalue weighted by atomic mass is 9.93. The maximum atomic E-state index is 17.9. The smallest absolute Gasteiger partial charge is 0.412 e. The minimum atomic E-state index is -0.837. The number of hydrogen-bond donors (Lipinski definition) is 1. The van der Waals surface area contributed by atoms with Crippen LogP contribution in [0.3, 0.4) is 0 Å². The molecule has 5 aliphatic rings. The number of nitrogens with one attached hydrogen (secondary N) is 1. The monoisotopic (exact) mass is 860 g/mol. The molecule has 61 heavy (non-hydrogen) atoms. The van der Waals surface area contributed by atoms with Crippen molar-refractivity contribution in [1.82, 2.24) is 24.8 Å². The zero-order chi connectivity index (χ0) is 43.0. The van der Waals surface area contributed by atoms with Crippen LogP contribution in [0.15, 0.2) is 6.20 Å². The molecule has 4 aliphatic heterocycles. The molecule has 4 fully saturated rings. The lowest BCUT2D eigenvalue weighted by Gasteiger charge is -2.42. The van der Waals surface area contributed by atoms with Gasteiger partial charge in [0.2, 0.25) is 0 Å². The number of carbonyl (C=O) groups excluding carboxylic acids is 2. The molecule has 324 valence electrons. The van der Waals surface area contributed by atoms with Gasteiger partial charge < -0.3 is 33.5 Å². The van der Waals surface area contributed by atoms with E-state index in [-0.39, 0.29) is 80.2 Å². The number of thiophene rings is 1. The first kappa shape index (κ1) is 41.4. The van der Waals surface area contributed by atoms with E-state index in [9.17, 15) is 14.9 Å². The summed E-state index contributed by atoms with van der Waals surface area (Å²) in [6.07, 6.45) is 3.29. The third kappa shape index (κ3) is 8.01. The van der Waals surface area contributed by atoms with E-state index in [0.717, 1.165) is 62.9 Å². The van der Waals surface area contributed by atoms with Crippen LogP contribution in [-0.4, -0.2) is 113 Å². The molecule has 0 spiro atoms. The molecule has 3 aromatic heterocycles. The number of ether oxygens (including phenoxy) is 5. The molecule has 1 saturated carbocycles. The van der Waals surface area contributed by atoms with Crippen molar-refractivity contribution in [2.45, 2.75) is 104 Å². The number of rotatable bonds is 8. The first-order chi connectivity index (χ1) is 29.0. The zero-order valence-electron chi connectivity index (χ0n) is 35.3. The number of hydrogen-bond acceptors (Lipinski definition) is 14. The fourth-order valence-electron chi connectivity index (χ4n) is 9.04. The van der Waals surface area contributed by atoms with Gasteiger partial charge >= 0.3 is 18.2 Å². The number of fused-ring (bicyclic) bond motifs is 6. The summed E-state index contributed by atoms with van der Waals surface area (Å²) in [5, 5.41) is 13.6. The summed E-state index contributed by atoms with van der Waals surface area (Å²) in [4.78, 5) is 46.8. The molecular formula is C43H50F2N8O7S. The lowest BCUT2D eigenvalue weighted by molar-refractivity contribution is 0.0209. The summed E-state index contributed by atoms with van der Waals surface area (Å²) in [6, 6.07) is 1.82. The summed E-state index contributed by atoms with van der Waals surface area (Å²) < 4.78 is 62.8. The average molecular weight is 861 g/mol. The van der Waals surface area contributed by atoms with Crippen LogP contribution >= 0.6 is 11.3 Å². The molecule has 2 unspecified atom stereocenters. The first-order valence-electron chi connectivity index (χ1n) is 20.8. The fraction of sp³-hybridized carbons (Fsp3) is 0.581. The molecule has 2 amide bonds. The molecular weight excluding hydrogens is 811 g/mol. The van der Waals surface area contributed by atoms with E-state index < -0.39 is 28.9 Å². The number of aromatic nitrogens is 3. The molecule has 1 N–H and O–H groups in total. The number of pyridine rings is 1. The van der Waals surface area contributed by atoms with E-state index in [0.29, 0.717) is 55.2 Å². The highest BCUT2D eigenvalue weighted by Crippen LogP contribution is 2.50. The number of anilines is 2. The second-order valence-corrected chi connectivity index (χ2v) is 19.8. The second-order valence-electron chi connectivity index (χ2n) is 18.8. The Hall–Kier alpha value is -4.96. The Labute approximate surface area is 356 Å². The summed E-state index contributed by atoms with van der Waals surface area (Å²) >= 11 is 0.841. The number of amides is 2. The van der Waals surface area contributed by atoms with Crippen molar-refractivity contribution in [1.29, 1.82) is 5.26 Å². The quantitative estimate of drug-likeness (QED) is 0.185. The van der Waals surface area contributed by atoms with E-state index in [4.69, 9.17) is 33.7 Å². The standard InChI is InChI=1S/C43H50F2N8O7S/c1-41(2,3)59-39(54)50-37-25(15-46)30-33(47-16-28(44)35(30)61-37)29-26-19-57-20-27(26)31-34(32(29)45)48-38(58-22-43(9-10-43)21-51-11-13-56-14-12-51)49-36(31)53-23-7-8-24(53)18-52(17-23)40(55)60-42(4,5)6/h16,23-24H,7-14,17-22H2,1-6H3,(H,50,54). The van der Waals surface area contributed by atoms with Crippen LogP contribution in [0.2, 0.25) is 0 Å². The van der Waals surface area contributed by atoms with E-state index >= 15 is 8.78 Å². The number of halogens is 2. The van der Waals surface area contributed by atoms with Crippen LogP contribution in [0.4, 0.5) is 29.2 Å². The highest BCUT2D eigenvalue weighted by molar-refractivity contribution is 7.23. The van der Waals surface area contributed by atoms with Crippen LogP contribution in [-0.2, 0) is 32.2 Å². The fourth-order valence-corrected chi connectivity index (χ4v) is 10.1. The molecule has 15 nitrogen and oxygen atoms in total. The van der Waals surface area contributed by atoms with E-state index in [1.54, 1.807) is 25.7 Å². The van der Waals surface area contributed by atoms with Gasteiger partial charge in [-0.3, -0.25) is 15.2 Å². The number of nitrogens with zero attached hydrogens (tertiary/aromatic N) is 7. The van der Waals surface area contributed by atoms with Crippen molar-refractivity contribution in [2.75, 3.05) is 62.8 Å². The molecule has 0 radical (unpaired) electrons. The van der Waals surface area contributed by atoms with Gasteiger partial charge in [0.25, 0.3) is 0 Å². The number of nitriles is 1. The Morgan fingerprint density at radius 2 is 1.67 bits per heavy atom. The van der Waals surface area contributed by atoms with Gasteiger partial charge in [-0.15, -0.1) is 11.3 Å². The van der Waals surface area contributed by atoms with E-state index in [1.165, 1.54) is 0 Å². The number of likely N-dealkylation sites (tertiary alicyclic amines) is 1. The molecule has 18 heteroatoms. The molecule has 2 atom stereocenters. The predicted octanol–water partition coefficient (Wildman–Crippen LogP) is 7.51. The van der Waals surface area contributed by atoms with Gasteiger partial charge in [-0.05, 0) is 78.4 Å². The average Bonchev–Trinajstić information content (AvgIpc) is 3.47. The minimum Gasteiger partial charge on any atom is -0.463 e. The first-order valence-corrected chi connectivity index (χ1v) is 21.7. The molecule has 4 aromatic rings. The van der Waals surface area contributed by atoms with E-state index in [1.807, 2.05) is 20.8 Å². The Morgan fingerprint density at radius 3 is 2.33 bits per heavy atom. The molecule has 1 aromatic carbocycles. The Kier molecular flexibility index (Phi) is 10.5. The Bertz CT molecular complexity index is 2460. The normalized spacial score (nSPS) is 21.1. The second kappa shape index (κ2) is 15.4. The maximum absolute atomic E-state index is 17.9. The topological polar surface area (TPSA) is 164 Å². The lowest BCUT2D eigenvalue weighted by Crippen LogP contribution is -2.56. The summed E-state index contributed by atoms with van der Waals surface area (Å²) in [6.45, 7) is 15.8. The van der Waals surface area contributed by atoms with Crippen LogP contribution in [0.1, 0.15) is 83.9 Å². The highest BCUT2D eigenvalue weighted by Gasteiger charge is 2.47. The van der Waals surface area contributed by atoms with Gasteiger partial charge in [0.1, 0.15) is 33.6 Å². The largest absolute Gasteiger partial charge is 0.463 e. The molecule has 3 saturated heterocycles. The van der Waals surface area contributed by atoms with Gasteiger partial charge in [-0.1, -0.05) is 0 Å². The summed E-state index contributed by atoms with van der Waals surface area (Å²) in [5.74, 6) is -0.992. The van der Waals surface area contributed by atoms with Gasteiger partial charge in [-0.2, -0.15) is 15.2 Å². The molecule has 7 heterocycles. The van der Waals surface area contributed by atoms with Crippen LogP contribution in [0.25, 0.3) is 32.2 Å². The Morgan fingerprint density at radius 1 is 0.984 bits per heavy atom. The number of piperazine rings is 1. The van der Waals surface area contributed by atoms with Gasteiger partial charge in [0, 0.05) is 61.2 Å². The molecule has 2 bridgehead atoms. The molecule has 1 aliphatic carbocycles. The summed E-state index contributed by atoms with van der Waals surface area (Å²) in [5.41, 5.74) is -0.538. The van der Waals surface area contributed by atoms with Crippen molar-refractivity contribution in [3.05, 3.63) is 34.5 Å². The number of morpholine rings is 1. The Balaban J connectivity index is 1.17. The van der Waals surface area contributed by atoms with Crippen molar-refractivity contribution in [2.24, 2.45) is 5.41 Å². The highest BCUT2D eigenvalue weighted by atomic mass is 32.1. The van der Waals surface area contributed by atoms with Crippen LogP contribution in [0, 0.1) is 28.4 Å². The minimum absolute atomic E-state index is 0.00808. The van der Waals surface area contributed by atoms with Crippen LogP contribution in [0.5, 0.6) is 6.01 Å². The third-order valence-corrected chi connectivity index (χ3v) is 13.0. The third-order valence-electron chi connectivity index (χ3n) is 11.9. The van der Waals surface area contributed by atoms with Crippen molar-refractivity contribution >= 4 is 55.3 Å².